The van der Waals surface area contributed by atoms with E-state index in [0.717, 1.165) is 25.7 Å². The molecule has 6 heteroatoms. The summed E-state index contributed by atoms with van der Waals surface area (Å²) in [6.07, 6.45) is 5.28. The number of benzene rings is 1. The molecule has 1 aromatic rings. The molecule has 1 saturated carbocycles. The van der Waals surface area contributed by atoms with Gasteiger partial charge in [0.05, 0.1) is 0 Å². The second-order valence-electron chi connectivity index (χ2n) is 5.34. The zero-order valence-corrected chi connectivity index (χ0v) is 11.7. The molecule has 0 bridgehead atoms. The van der Waals surface area contributed by atoms with E-state index in [2.05, 4.69) is 5.32 Å². The summed E-state index contributed by atoms with van der Waals surface area (Å²) in [6, 6.07) is 4.20. The van der Waals surface area contributed by atoms with Gasteiger partial charge >= 0.3 is 0 Å². The molecule has 2 rings (SSSR count). The van der Waals surface area contributed by atoms with Crippen molar-refractivity contribution in [3.63, 3.8) is 0 Å². The van der Waals surface area contributed by atoms with Gasteiger partial charge in [-0.15, -0.1) is 0 Å². The highest BCUT2D eigenvalue weighted by Crippen LogP contribution is 2.18. The molecule has 112 valence electrons. The normalized spacial score (nSPS) is 15.4. The van der Waals surface area contributed by atoms with Crippen LogP contribution in [-0.2, 0) is 0 Å². The lowest BCUT2D eigenvalue weighted by molar-refractivity contribution is 0.0927. The zero-order chi connectivity index (χ0) is 15.4. The predicted molar refractivity (Wildman–Crippen MR) is 77.8 cm³/mol. The zero-order valence-electron chi connectivity index (χ0n) is 11.7. The van der Waals surface area contributed by atoms with Gasteiger partial charge < -0.3 is 16.8 Å². The summed E-state index contributed by atoms with van der Waals surface area (Å²) in [5, 5.41) is 2.92. The van der Waals surface area contributed by atoms with E-state index >= 15 is 0 Å². The highest BCUT2D eigenvalue weighted by molar-refractivity contribution is 6.03. The summed E-state index contributed by atoms with van der Waals surface area (Å²) in [5.74, 6) is -1.72. The fraction of sp³-hybridized carbons (Fsp3) is 0.400. The van der Waals surface area contributed by atoms with E-state index in [1.165, 1.54) is 24.6 Å². The molecular weight excluding hydrogens is 270 g/mol. The van der Waals surface area contributed by atoms with Crippen molar-refractivity contribution in [2.75, 3.05) is 0 Å². The van der Waals surface area contributed by atoms with Crippen LogP contribution in [-0.4, -0.2) is 23.8 Å². The van der Waals surface area contributed by atoms with Crippen LogP contribution in [0.15, 0.2) is 18.2 Å². The third kappa shape index (κ3) is 3.81. The van der Waals surface area contributed by atoms with E-state index in [-0.39, 0.29) is 28.6 Å². The maximum atomic E-state index is 12.2. The molecule has 6 nitrogen and oxygen atoms in total. The van der Waals surface area contributed by atoms with E-state index in [1.807, 2.05) is 0 Å². The second kappa shape index (κ2) is 6.39. The summed E-state index contributed by atoms with van der Waals surface area (Å²) in [7, 11) is 0. The van der Waals surface area contributed by atoms with E-state index in [0.29, 0.717) is 0 Å². The van der Waals surface area contributed by atoms with Crippen molar-refractivity contribution in [2.24, 2.45) is 11.5 Å². The molecule has 1 aromatic carbocycles. The van der Waals surface area contributed by atoms with Gasteiger partial charge in [0.2, 0.25) is 11.8 Å². The molecule has 0 saturated heterocycles. The lowest BCUT2D eigenvalue weighted by Gasteiger charge is -2.22. The third-order valence-corrected chi connectivity index (χ3v) is 3.70. The Labute approximate surface area is 122 Å². The van der Waals surface area contributed by atoms with Crippen molar-refractivity contribution in [3.8, 4) is 0 Å². The summed E-state index contributed by atoms with van der Waals surface area (Å²) < 4.78 is 0. The molecule has 0 unspecified atom stereocenters. The van der Waals surface area contributed by atoms with Crippen LogP contribution in [0.3, 0.4) is 0 Å². The van der Waals surface area contributed by atoms with Crippen LogP contribution in [0.2, 0.25) is 0 Å². The van der Waals surface area contributed by atoms with E-state index in [1.54, 1.807) is 0 Å². The molecule has 21 heavy (non-hydrogen) atoms. The average molecular weight is 289 g/mol. The molecular formula is C15H19N3O3. The maximum absolute atomic E-state index is 12.2. The minimum atomic E-state index is -0.704. The fourth-order valence-electron chi connectivity index (χ4n) is 2.56. The lowest BCUT2D eigenvalue weighted by Crippen LogP contribution is -2.36. The molecule has 0 aliphatic heterocycles. The minimum Gasteiger partial charge on any atom is -0.366 e. The third-order valence-electron chi connectivity index (χ3n) is 3.70. The van der Waals surface area contributed by atoms with E-state index in [4.69, 9.17) is 11.5 Å². The maximum Gasteiger partial charge on any atom is 0.251 e. The van der Waals surface area contributed by atoms with Gasteiger partial charge in [0.15, 0.2) is 0 Å². The van der Waals surface area contributed by atoms with Gasteiger partial charge in [-0.3, -0.25) is 14.4 Å². The van der Waals surface area contributed by atoms with Crippen molar-refractivity contribution in [2.45, 2.75) is 38.1 Å². The Morgan fingerprint density at radius 2 is 1.33 bits per heavy atom. The first-order chi connectivity index (χ1) is 9.97. The highest BCUT2D eigenvalue weighted by Gasteiger charge is 2.18. The quantitative estimate of drug-likeness (QED) is 0.766. The van der Waals surface area contributed by atoms with Gasteiger partial charge in [0.1, 0.15) is 0 Å². The molecule has 0 atom stereocenters. The number of carbonyl (C=O) groups excluding carboxylic acids is 3. The van der Waals surface area contributed by atoms with Crippen LogP contribution < -0.4 is 16.8 Å². The summed E-state index contributed by atoms with van der Waals surface area (Å²) in [5.41, 5.74) is 10.8. The van der Waals surface area contributed by atoms with Gasteiger partial charge in [0, 0.05) is 22.7 Å². The Kier molecular flexibility index (Phi) is 4.57. The number of primary amides is 2. The first kappa shape index (κ1) is 15.0. The molecule has 0 aromatic heterocycles. The van der Waals surface area contributed by atoms with Crippen LogP contribution in [0.25, 0.3) is 0 Å². The number of rotatable bonds is 4. The first-order valence-corrected chi connectivity index (χ1v) is 7.03. The van der Waals surface area contributed by atoms with Crippen LogP contribution in [0.5, 0.6) is 0 Å². The largest absolute Gasteiger partial charge is 0.366 e. The monoisotopic (exact) mass is 289 g/mol. The van der Waals surface area contributed by atoms with Crippen molar-refractivity contribution < 1.29 is 14.4 Å². The Hall–Kier alpha value is -2.37. The van der Waals surface area contributed by atoms with Crippen molar-refractivity contribution >= 4 is 17.7 Å². The standard InChI is InChI=1S/C15H19N3O3/c16-13(19)9-6-10(14(17)20)8-11(7-9)15(21)18-12-4-2-1-3-5-12/h6-8,12H,1-5H2,(H2,16,19)(H2,17,20)(H,18,21). The number of nitrogens with one attached hydrogen (secondary N) is 1. The minimum absolute atomic E-state index is 0.0973. The summed E-state index contributed by atoms with van der Waals surface area (Å²) >= 11 is 0. The first-order valence-electron chi connectivity index (χ1n) is 7.03. The van der Waals surface area contributed by atoms with Gasteiger partial charge in [0.25, 0.3) is 5.91 Å². The topological polar surface area (TPSA) is 115 Å². The molecule has 1 fully saturated rings. The molecule has 0 heterocycles. The Balaban J connectivity index is 2.22. The Morgan fingerprint density at radius 3 is 1.81 bits per heavy atom. The van der Waals surface area contributed by atoms with Gasteiger partial charge in [-0.1, -0.05) is 19.3 Å². The van der Waals surface area contributed by atoms with Crippen LogP contribution in [0.1, 0.15) is 63.2 Å². The molecule has 5 N–H and O–H groups in total. The van der Waals surface area contributed by atoms with Gasteiger partial charge in [-0.05, 0) is 31.0 Å². The van der Waals surface area contributed by atoms with Crippen molar-refractivity contribution in [1.29, 1.82) is 0 Å². The Morgan fingerprint density at radius 1 is 0.857 bits per heavy atom. The van der Waals surface area contributed by atoms with Crippen molar-refractivity contribution in [1.82, 2.24) is 5.32 Å². The number of hydrogen-bond acceptors (Lipinski definition) is 3. The summed E-state index contributed by atoms with van der Waals surface area (Å²) in [6.45, 7) is 0. The highest BCUT2D eigenvalue weighted by atomic mass is 16.2. The Bertz CT molecular complexity index is 545. The van der Waals surface area contributed by atoms with E-state index in [9.17, 15) is 14.4 Å². The van der Waals surface area contributed by atoms with E-state index < -0.39 is 11.8 Å². The summed E-state index contributed by atoms with van der Waals surface area (Å²) in [4.78, 5) is 34.8. The molecule has 3 amide bonds. The van der Waals surface area contributed by atoms with Crippen molar-refractivity contribution in [3.05, 3.63) is 34.9 Å². The number of hydrogen-bond donors (Lipinski definition) is 3. The molecule has 1 aliphatic rings. The predicted octanol–water partition coefficient (Wildman–Crippen LogP) is 0.947. The number of amides is 3. The van der Waals surface area contributed by atoms with Gasteiger partial charge in [-0.25, -0.2) is 0 Å². The second-order valence-corrected chi connectivity index (χ2v) is 5.34. The van der Waals surface area contributed by atoms with Crippen LogP contribution in [0, 0.1) is 0 Å². The number of nitrogens with two attached hydrogens (primary N) is 2. The smallest absolute Gasteiger partial charge is 0.251 e. The SMILES string of the molecule is NC(=O)c1cc(C(N)=O)cc(C(=O)NC2CCCCC2)c1. The molecule has 0 radical (unpaired) electrons. The molecule has 0 spiro atoms. The number of carbonyl (C=O) groups is 3. The van der Waals surface area contributed by atoms with Crippen LogP contribution >= 0.6 is 0 Å². The van der Waals surface area contributed by atoms with Crippen LogP contribution in [0.4, 0.5) is 0 Å². The molecule has 1 aliphatic carbocycles. The average Bonchev–Trinajstić information content (AvgIpc) is 2.47. The fourth-order valence-corrected chi connectivity index (χ4v) is 2.56. The lowest BCUT2D eigenvalue weighted by atomic mass is 9.95. The van der Waals surface area contributed by atoms with Gasteiger partial charge in [-0.2, -0.15) is 0 Å².